The van der Waals surface area contributed by atoms with E-state index in [1.807, 2.05) is 24.3 Å². The van der Waals surface area contributed by atoms with E-state index in [4.69, 9.17) is 4.74 Å². The topological polar surface area (TPSA) is 79.8 Å². The van der Waals surface area contributed by atoms with Gasteiger partial charge in [-0.15, -0.1) is 11.3 Å². The lowest BCUT2D eigenvalue weighted by molar-refractivity contribution is 0.0981. The average molecular weight is 484 g/mol. The number of carbonyl (C=O) groups is 1. The molecule has 9 heteroatoms. The first-order valence-electron chi connectivity index (χ1n) is 11.0. The first-order valence-corrected chi connectivity index (χ1v) is 13.3. The first-order chi connectivity index (χ1) is 16.0. The predicted octanol–water partition coefficient (Wildman–Crippen LogP) is 4.20. The van der Waals surface area contributed by atoms with Crippen LogP contribution in [0.15, 0.2) is 52.7 Å². The standard InChI is InChI=1S/C24H25N3O4S2/c1-31-19-8-6-17(7-9-19)23-25-21(16-32-23)24(28)27-14-4-5-18-15-20(10-11-22(18)27)33(29,30)26-12-2-3-13-26/h6-11,15-16H,2-5,12-14H2,1H3. The summed E-state index contributed by atoms with van der Waals surface area (Å²) >= 11 is 1.43. The lowest BCUT2D eigenvalue weighted by Crippen LogP contribution is -2.36. The number of aryl methyl sites for hydroxylation is 1. The van der Waals surface area contributed by atoms with E-state index in [2.05, 4.69) is 4.98 Å². The maximum absolute atomic E-state index is 13.3. The number of aromatic nitrogens is 1. The van der Waals surface area contributed by atoms with Gasteiger partial charge in [0.05, 0.1) is 12.0 Å². The fourth-order valence-corrected chi connectivity index (χ4v) is 6.77. The summed E-state index contributed by atoms with van der Waals surface area (Å²) in [6.45, 7) is 1.73. The number of ether oxygens (including phenoxy) is 1. The van der Waals surface area contributed by atoms with Crippen molar-refractivity contribution in [2.75, 3.05) is 31.6 Å². The molecule has 33 heavy (non-hydrogen) atoms. The molecule has 0 saturated carbocycles. The fraction of sp³-hybridized carbons (Fsp3) is 0.333. The van der Waals surface area contributed by atoms with Crippen LogP contribution in [0.5, 0.6) is 5.75 Å². The molecule has 0 radical (unpaired) electrons. The molecule has 0 aliphatic carbocycles. The molecule has 0 atom stereocenters. The Morgan fingerprint density at radius 3 is 2.52 bits per heavy atom. The van der Waals surface area contributed by atoms with Gasteiger partial charge in [0.25, 0.3) is 5.91 Å². The highest BCUT2D eigenvalue weighted by molar-refractivity contribution is 7.89. The van der Waals surface area contributed by atoms with E-state index in [9.17, 15) is 13.2 Å². The molecule has 0 N–H and O–H groups in total. The molecule has 0 spiro atoms. The lowest BCUT2D eigenvalue weighted by atomic mass is 10.0. The van der Waals surface area contributed by atoms with E-state index in [1.165, 1.54) is 11.3 Å². The van der Waals surface area contributed by atoms with E-state index in [-0.39, 0.29) is 5.91 Å². The smallest absolute Gasteiger partial charge is 0.277 e. The van der Waals surface area contributed by atoms with Crippen molar-refractivity contribution in [3.05, 3.63) is 59.1 Å². The van der Waals surface area contributed by atoms with Crippen LogP contribution in [0, 0.1) is 0 Å². The number of fused-ring (bicyclic) bond motifs is 1. The molecule has 1 amide bonds. The van der Waals surface area contributed by atoms with E-state index < -0.39 is 10.0 Å². The van der Waals surface area contributed by atoms with Crippen LogP contribution >= 0.6 is 11.3 Å². The second-order valence-corrected chi connectivity index (χ2v) is 11.0. The number of amides is 1. The van der Waals surface area contributed by atoms with Gasteiger partial charge in [-0.3, -0.25) is 4.79 Å². The van der Waals surface area contributed by atoms with Gasteiger partial charge in [-0.2, -0.15) is 4.31 Å². The van der Waals surface area contributed by atoms with Gasteiger partial charge in [-0.25, -0.2) is 13.4 Å². The Balaban J connectivity index is 1.40. The quantitative estimate of drug-likeness (QED) is 0.544. The van der Waals surface area contributed by atoms with Crippen molar-refractivity contribution in [3.8, 4) is 16.3 Å². The van der Waals surface area contributed by atoms with E-state index in [0.717, 1.165) is 53.3 Å². The summed E-state index contributed by atoms with van der Waals surface area (Å²) < 4.78 is 32.7. The number of methoxy groups -OCH3 is 1. The fourth-order valence-electron chi connectivity index (χ4n) is 4.40. The van der Waals surface area contributed by atoms with E-state index in [0.29, 0.717) is 30.2 Å². The van der Waals surface area contributed by atoms with Gasteiger partial charge < -0.3 is 9.64 Å². The number of rotatable bonds is 5. The summed E-state index contributed by atoms with van der Waals surface area (Å²) in [5.74, 6) is 0.602. The summed E-state index contributed by atoms with van der Waals surface area (Å²) in [6.07, 6.45) is 3.33. The third-order valence-electron chi connectivity index (χ3n) is 6.18. The third kappa shape index (κ3) is 4.16. The molecule has 5 rings (SSSR count). The summed E-state index contributed by atoms with van der Waals surface area (Å²) in [5.41, 5.74) is 2.98. The van der Waals surface area contributed by atoms with Crippen LogP contribution in [0.2, 0.25) is 0 Å². The van der Waals surface area contributed by atoms with Crippen molar-refractivity contribution >= 4 is 33.0 Å². The Morgan fingerprint density at radius 2 is 1.79 bits per heavy atom. The van der Waals surface area contributed by atoms with Crippen LogP contribution in [-0.2, 0) is 16.4 Å². The number of thiazole rings is 1. The van der Waals surface area contributed by atoms with Gasteiger partial charge in [0.2, 0.25) is 10.0 Å². The Kier molecular flexibility index (Phi) is 5.94. The summed E-state index contributed by atoms with van der Waals surface area (Å²) in [6, 6.07) is 12.7. The molecular weight excluding hydrogens is 458 g/mol. The zero-order valence-electron chi connectivity index (χ0n) is 18.4. The van der Waals surface area contributed by atoms with Crippen LogP contribution < -0.4 is 9.64 Å². The number of sulfonamides is 1. The predicted molar refractivity (Wildman–Crippen MR) is 129 cm³/mol. The van der Waals surface area contributed by atoms with Crippen molar-refractivity contribution in [1.29, 1.82) is 0 Å². The molecule has 2 aromatic carbocycles. The average Bonchev–Trinajstić information content (AvgIpc) is 3.56. The Hall–Kier alpha value is -2.75. The zero-order chi connectivity index (χ0) is 23.0. The summed E-state index contributed by atoms with van der Waals surface area (Å²) in [7, 11) is -1.86. The molecule has 1 fully saturated rings. The van der Waals surface area contributed by atoms with Gasteiger partial charge in [0.1, 0.15) is 16.5 Å². The molecule has 0 unspecified atom stereocenters. The van der Waals surface area contributed by atoms with Gasteiger partial charge in [0.15, 0.2) is 0 Å². The molecule has 172 valence electrons. The Bertz CT molecular complexity index is 1280. The second kappa shape index (κ2) is 8.89. The molecule has 1 aromatic heterocycles. The molecule has 0 bridgehead atoms. The van der Waals surface area contributed by atoms with Gasteiger partial charge in [-0.1, -0.05) is 0 Å². The maximum atomic E-state index is 13.3. The van der Waals surface area contributed by atoms with Crippen LogP contribution in [0.4, 0.5) is 5.69 Å². The Labute approximate surface area is 197 Å². The maximum Gasteiger partial charge on any atom is 0.277 e. The highest BCUT2D eigenvalue weighted by atomic mass is 32.2. The van der Waals surface area contributed by atoms with E-state index in [1.54, 1.807) is 39.9 Å². The Morgan fingerprint density at radius 1 is 1.03 bits per heavy atom. The molecule has 2 aliphatic heterocycles. The monoisotopic (exact) mass is 483 g/mol. The third-order valence-corrected chi connectivity index (χ3v) is 8.96. The minimum atomic E-state index is -3.48. The zero-order valence-corrected chi connectivity index (χ0v) is 20.0. The van der Waals surface area contributed by atoms with Crippen molar-refractivity contribution in [2.24, 2.45) is 0 Å². The van der Waals surface area contributed by atoms with Gasteiger partial charge in [0, 0.05) is 36.3 Å². The number of anilines is 1. The highest BCUT2D eigenvalue weighted by Gasteiger charge is 2.30. The largest absolute Gasteiger partial charge is 0.497 e. The molecular formula is C24H25N3O4S2. The number of nitrogens with zero attached hydrogens (tertiary/aromatic N) is 3. The number of hydrogen-bond donors (Lipinski definition) is 0. The van der Waals surface area contributed by atoms with Crippen LogP contribution in [0.25, 0.3) is 10.6 Å². The summed E-state index contributed by atoms with van der Waals surface area (Å²) in [4.78, 5) is 19.9. The molecule has 1 saturated heterocycles. The van der Waals surface area contributed by atoms with Gasteiger partial charge >= 0.3 is 0 Å². The normalized spacial score (nSPS) is 16.6. The molecule has 3 aromatic rings. The minimum Gasteiger partial charge on any atom is -0.497 e. The summed E-state index contributed by atoms with van der Waals surface area (Å²) in [5, 5.41) is 2.55. The first kappa shape index (κ1) is 22.1. The van der Waals surface area contributed by atoms with Crippen LogP contribution in [-0.4, -0.2) is 50.4 Å². The van der Waals surface area contributed by atoms with Crippen molar-refractivity contribution in [3.63, 3.8) is 0 Å². The molecule has 3 heterocycles. The lowest BCUT2D eigenvalue weighted by Gasteiger charge is -2.29. The second-order valence-electron chi connectivity index (χ2n) is 8.23. The molecule has 2 aliphatic rings. The van der Waals surface area contributed by atoms with Crippen molar-refractivity contribution < 1.29 is 17.9 Å². The number of hydrogen-bond acceptors (Lipinski definition) is 6. The number of carbonyl (C=O) groups excluding carboxylic acids is 1. The highest BCUT2D eigenvalue weighted by Crippen LogP contribution is 2.33. The van der Waals surface area contributed by atoms with Crippen molar-refractivity contribution in [1.82, 2.24) is 9.29 Å². The minimum absolute atomic E-state index is 0.165. The van der Waals surface area contributed by atoms with Crippen LogP contribution in [0.1, 0.15) is 35.3 Å². The number of benzene rings is 2. The van der Waals surface area contributed by atoms with E-state index >= 15 is 0 Å². The van der Waals surface area contributed by atoms with Crippen LogP contribution in [0.3, 0.4) is 0 Å². The van der Waals surface area contributed by atoms with Crippen molar-refractivity contribution in [2.45, 2.75) is 30.6 Å². The van der Waals surface area contributed by atoms with Gasteiger partial charge in [-0.05, 0) is 73.7 Å². The SMILES string of the molecule is COc1ccc(-c2nc(C(=O)N3CCCc4cc(S(=O)(=O)N5CCCC5)ccc43)cs2)cc1. The molecule has 7 nitrogen and oxygen atoms in total.